The lowest BCUT2D eigenvalue weighted by Gasteiger charge is -2.18. The van der Waals surface area contributed by atoms with E-state index in [1.807, 2.05) is 37.3 Å². The van der Waals surface area contributed by atoms with Crippen LogP contribution in [0.3, 0.4) is 0 Å². The molecule has 0 saturated heterocycles. The van der Waals surface area contributed by atoms with Crippen molar-refractivity contribution in [1.29, 1.82) is 0 Å². The van der Waals surface area contributed by atoms with Crippen molar-refractivity contribution in [3.8, 4) is 0 Å². The average molecular weight is 400 g/mol. The third kappa shape index (κ3) is 6.23. The number of hydrogen-bond acceptors (Lipinski definition) is 4. The zero-order valence-electron chi connectivity index (χ0n) is 16.1. The lowest BCUT2D eigenvalue weighted by molar-refractivity contribution is -0.119. The number of carboxylic acid groups (broad SMARTS) is 1. The zero-order chi connectivity index (χ0) is 20.5. The molecule has 0 aliphatic heterocycles. The molecule has 0 saturated carbocycles. The predicted molar refractivity (Wildman–Crippen MR) is 113 cm³/mol. The minimum absolute atomic E-state index is 0.0809. The van der Waals surface area contributed by atoms with E-state index in [0.717, 1.165) is 12.0 Å². The number of benzene rings is 2. The van der Waals surface area contributed by atoms with E-state index in [0.29, 0.717) is 29.8 Å². The smallest absolute Gasteiger partial charge is 0.336 e. The summed E-state index contributed by atoms with van der Waals surface area (Å²) >= 11 is 1.19. The molecule has 0 aliphatic carbocycles. The van der Waals surface area contributed by atoms with Gasteiger partial charge in [-0.3, -0.25) is 9.59 Å². The van der Waals surface area contributed by atoms with Crippen molar-refractivity contribution < 1.29 is 19.5 Å². The second kappa shape index (κ2) is 10.7. The summed E-state index contributed by atoms with van der Waals surface area (Å²) in [4.78, 5) is 36.2. The first-order chi connectivity index (χ1) is 13.4. The summed E-state index contributed by atoms with van der Waals surface area (Å²) in [6.07, 6.45) is 1.78. The summed E-state index contributed by atoms with van der Waals surface area (Å²) in [5, 5.41) is 12.2. The summed E-state index contributed by atoms with van der Waals surface area (Å²) in [6, 6.07) is 14.5. The van der Waals surface area contributed by atoms with Gasteiger partial charge < -0.3 is 10.4 Å². The Hall–Kier alpha value is -2.60. The van der Waals surface area contributed by atoms with Crippen LogP contribution in [0.5, 0.6) is 0 Å². The molecule has 148 valence electrons. The minimum Gasteiger partial charge on any atom is -0.478 e. The fourth-order valence-corrected chi connectivity index (χ4v) is 3.84. The monoisotopic (exact) mass is 399 g/mol. The molecule has 2 aromatic rings. The van der Waals surface area contributed by atoms with E-state index in [4.69, 9.17) is 0 Å². The maximum absolute atomic E-state index is 12.9. The number of carbonyl (C=O) groups is 3. The molecule has 0 bridgehead atoms. The summed E-state index contributed by atoms with van der Waals surface area (Å²) < 4.78 is 0. The van der Waals surface area contributed by atoms with Crippen molar-refractivity contribution in [2.24, 2.45) is 5.92 Å². The second-order valence-corrected chi connectivity index (χ2v) is 7.67. The number of aromatic carboxylic acids is 1. The van der Waals surface area contributed by atoms with Gasteiger partial charge in [-0.1, -0.05) is 55.1 Å². The standard InChI is InChI=1S/C22H25NO4S/c1-3-8-20(24)28-14-17(13-16-9-5-4-6-10-16)21(25)23-19-12-7-11-18(15(19)2)22(26)27/h4-7,9-12,17H,3,8,13-14H2,1-2H3,(H,23,25)(H,26,27). The van der Waals surface area contributed by atoms with E-state index in [9.17, 15) is 19.5 Å². The second-order valence-electron chi connectivity index (χ2n) is 6.59. The highest BCUT2D eigenvalue weighted by Gasteiger charge is 2.22. The Morgan fingerprint density at radius 3 is 2.43 bits per heavy atom. The molecule has 1 amide bonds. The third-order valence-corrected chi connectivity index (χ3v) is 5.51. The number of rotatable bonds is 9. The zero-order valence-corrected chi connectivity index (χ0v) is 16.9. The van der Waals surface area contributed by atoms with Crippen molar-refractivity contribution in [2.75, 3.05) is 11.1 Å². The van der Waals surface area contributed by atoms with Crippen molar-refractivity contribution >= 4 is 34.4 Å². The van der Waals surface area contributed by atoms with E-state index in [1.54, 1.807) is 19.1 Å². The van der Waals surface area contributed by atoms with Crippen LogP contribution in [0.1, 0.15) is 41.3 Å². The molecule has 0 aromatic heterocycles. The van der Waals surface area contributed by atoms with Crippen LogP contribution < -0.4 is 5.32 Å². The van der Waals surface area contributed by atoms with Gasteiger partial charge in [0, 0.05) is 17.9 Å². The van der Waals surface area contributed by atoms with Gasteiger partial charge in [0.25, 0.3) is 0 Å². The SMILES string of the molecule is CCCC(=O)SCC(Cc1ccccc1)C(=O)Nc1cccc(C(=O)O)c1C. The lowest BCUT2D eigenvalue weighted by atomic mass is 9.99. The Bertz CT molecular complexity index is 836. The van der Waals surface area contributed by atoms with Gasteiger partial charge in [-0.2, -0.15) is 0 Å². The number of carbonyl (C=O) groups excluding carboxylic acids is 2. The first kappa shape index (κ1) is 21.7. The minimum atomic E-state index is -1.03. The molecular weight excluding hydrogens is 374 g/mol. The number of thioether (sulfide) groups is 1. The average Bonchev–Trinajstić information content (AvgIpc) is 2.67. The van der Waals surface area contributed by atoms with Crippen LogP contribution in [0, 0.1) is 12.8 Å². The molecule has 1 atom stereocenters. The van der Waals surface area contributed by atoms with E-state index in [1.165, 1.54) is 17.8 Å². The molecule has 2 rings (SSSR count). The van der Waals surface area contributed by atoms with Crippen LogP contribution in [0.4, 0.5) is 5.69 Å². The van der Waals surface area contributed by atoms with Crippen LogP contribution >= 0.6 is 11.8 Å². The van der Waals surface area contributed by atoms with Gasteiger partial charge in [-0.05, 0) is 43.0 Å². The molecular formula is C22H25NO4S. The highest BCUT2D eigenvalue weighted by atomic mass is 32.2. The van der Waals surface area contributed by atoms with Gasteiger partial charge in [0.05, 0.1) is 11.5 Å². The van der Waals surface area contributed by atoms with Crippen molar-refractivity contribution in [2.45, 2.75) is 33.1 Å². The maximum atomic E-state index is 12.9. The fraction of sp³-hybridized carbons (Fsp3) is 0.318. The Kier molecular flexibility index (Phi) is 8.26. The first-order valence-electron chi connectivity index (χ1n) is 9.25. The van der Waals surface area contributed by atoms with Gasteiger partial charge in [0.15, 0.2) is 5.12 Å². The molecule has 0 fully saturated rings. The number of amides is 1. The van der Waals surface area contributed by atoms with E-state index < -0.39 is 11.9 Å². The van der Waals surface area contributed by atoms with Crippen LogP contribution in [0.25, 0.3) is 0 Å². The summed E-state index contributed by atoms with van der Waals surface area (Å²) in [6.45, 7) is 3.62. The van der Waals surface area contributed by atoms with Crippen molar-refractivity contribution in [3.63, 3.8) is 0 Å². The quantitative estimate of drug-likeness (QED) is 0.646. The lowest BCUT2D eigenvalue weighted by Crippen LogP contribution is -2.27. The van der Waals surface area contributed by atoms with E-state index >= 15 is 0 Å². The van der Waals surface area contributed by atoms with Gasteiger partial charge in [0.2, 0.25) is 5.91 Å². The molecule has 6 heteroatoms. The van der Waals surface area contributed by atoms with Crippen LogP contribution in [-0.4, -0.2) is 27.9 Å². The molecule has 0 aliphatic rings. The van der Waals surface area contributed by atoms with Crippen molar-refractivity contribution in [3.05, 3.63) is 65.2 Å². The Morgan fingerprint density at radius 1 is 1.07 bits per heavy atom. The molecule has 2 aromatic carbocycles. The Balaban J connectivity index is 2.17. The van der Waals surface area contributed by atoms with E-state index in [2.05, 4.69) is 5.32 Å². The number of anilines is 1. The highest BCUT2D eigenvalue weighted by Crippen LogP contribution is 2.23. The first-order valence-corrected chi connectivity index (χ1v) is 10.2. The topological polar surface area (TPSA) is 83.5 Å². The fourth-order valence-electron chi connectivity index (χ4n) is 2.83. The molecule has 28 heavy (non-hydrogen) atoms. The largest absolute Gasteiger partial charge is 0.478 e. The normalized spacial score (nSPS) is 11.6. The summed E-state index contributed by atoms with van der Waals surface area (Å²) in [7, 11) is 0. The van der Waals surface area contributed by atoms with Gasteiger partial charge >= 0.3 is 5.97 Å². The number of carboxylic acids is 1. The third-order valence-electron chi connectivity index (χ3n) is 4.42. The summed E-state index contributed by atoms with van der Waals surface area (Å²) in [5.41, 5.74) is 2.16. The van der Waals surface area contributed by atoms with Crippen LogP contribution in [0.15, 0.2) is 48.5 Å². The Labute approximate surface area is 169 Å². The Morgan fingerprint density at radius 2 is 1.79 bits per heavy atom. The van der Waals surface area contributed by atoms with Crippen LogP contribution in [0.2, 0.25) is 0 Å². The molecule has 1 unspecified atom stereocenters. The van der Waals surface area contributed by atoms with Gasteiger partial charge in [0.1, 0.15) is 0 Å². The molecule has 0 spiro atoms. The summed E-state index contributed by atoms with van der Waals surface area (Å²) in [5.74, 6) is -1.26. The molecule has 5 nitrogen and oxygen atoms in total. The predicted octanol–water partition coefficient (Wildman–Crippen LogP) is 4.55. The van der Waals surface area contributed by atoms with E-state index in [-0.39, 0.29) is 16.6 Å². The van der Waals surface area contributed by atoms with Gasteiger partial charge in [-0.15, -0.1) is 0 Å². The van der Waals surface area contributed by atoms with Crippen LogP contribution in [-0.2, 0) is 16.0 Å². The maximum Gasteiger partial charge on any atom is 0.336 e. The van der Waals surface area contributed by atoms with Gasteiger partial charge in [-0.25, -0.2) is 4.79 Å². The number of hydrogen-bond donors (Lipinski definition) is 2. The molecule has 2 N–H and O–H groups in total. The highest BCUT2D eigenvalue weighted by molar-refractivity contribution is 8.13. The number of nitrogens with one attached hydrogen (secondary N) is 1. The van der Waals surface area contributed by atoms with Crippen molar-refractivity contribution in [1.82, 2.24) is 0 Å². The molecule has 0 radical (unpaired) electrons. The molecule has 0 heterocycles.